The van der Waals surface area contributed by atoms with Gasteiger partial charge in [0.05, 0.1) is 18.7 Å². The first-order chi connectivity index (χ1) is 13.3. The van der Waals surface area contributed by atoms with Crippen LogP contribution in [0.5, 0.6) is 5.75 Å². The van der Waals surface area contributed by atoms with Crippen molar-refractivity contribution in [3.63, 3.8) is 0 Å². The van der Waals surface area contributed by atoms with Crippen molar-refractivity contribution in [2.75, 3.05) is 6.61 Å². The smallest absolute Gasteiger partial charge is 0.335 e. The highest BCUT2D eigenvalue weighted by Crippen LogP contribution is 2.36. The molecule has 0 unspecified atom stereocenters. The fourth-order valence-electron chi connectivity index (χ4n) is 3.01. The number of nitrogens with zero attached hydrogens (tertiary/aromatic N) is 1. The number of amides is 1. The Morgan fingerprint density at radius 1 is 1.07 bits per heavy atom. The van der Waals surface area contributed by atoms with Gasteiger partial charge in [0, 0.05) is 5.57 Å². The maximum absolute atomic E-state index is 13.0. The summed E-state index contributed by atoms with van der Waals surface area (Å²) in [6, 6.07) is 12.3. The normalized spacial score (nSPS) is 15.8. The molecule has 1 aliphatic rings. The van der Waals surface area contributed by atoms with Gasteiger partial charge in [0.25, 0.3) is 15.9 Å². The van der Waals surface area contributed by atoms with Crippen molar-refractivity contribution in [3.8, 4) is 5.75 Å². The van der Waals surface area contributed by atoms with E-state index < -0.39 is 21.9 Å². The Hall–Kier alpha value is -3.13. The molecule has 1 N–H and O–H groups in total. The zero-order valence-electron chi connectivity index (χ0n) is 15.4. The van der Waals surface area contributed by atoms with Crippen LogP contribution in [-0.4, -0.2) is 36.3 Å². The van der Waals surface area contributed by atoms with Gasteiger partial charge in [-0.3, -0.25) is 4.79 Å². The molecule has 3 rings (SSSR count). The van der Waals surface area contributed by atoms with Gasteiger partial charge in [0.1, 0.15) is 10.7 Å². The average Bonchev–Trinajstić information content (AvgIpc) is 2.83. The highest BCUT2D eigenvalue weighted by atomic mass is 32.2. The Balaban J connectivity index is 1.90. The van der Waals surface area contributed by atoms with Crippen LogP contribution < -0.4 is 4.74 Å². The third-order valence-corrected chi connectivity index (χ3v) is 6.32. The van der Waals surface area contributed by atoms with Crippen LogP contribution in [0.4, 0.5) is 0 Å². The van der Waals surface area contributed by atoms with Crippen LogP contribution in [0.25, 0.3) is 4.91 Å². The number of carbonyl (C=O) groups is 2. The van der Waals surface area contributed by atoms with Crippen molar-refractivity contribution in [3.05, 3.63) is 70.8 Å². The fourth-order valence-corrected chi connectivity index (χ4v) is 4.81. The molecule has 2 aromatic carbocycles. The molecule has 0 aromatic heterocycles. The number of carboxylic acid groups (broad SMARTS) is 1. The second-order valence-corrected chi connectivity index (χ2v) is 8.03. The van der Waals surface area contributed by atoms with Crippen LogP contribution in [0.1, 0.15) is 35.3 Å². The van der Waals surface area contributed by atoms with Crippen molar-refractivity contribution in [2.45, 2.75) is 20.4 Å². The molecule has 1 aliphatic heterocycles. The lowest BCUT2D eigenvalue weighted by Gasteiger charge is -2.17. The van der Waals surface area contributed by atoms with Crippen molar-refractivity contribution in [1.82, 2.24) is 4.31 Å². The average molecular weight is 401 g/mol. The molecule has 146 valence electrons. The lowest BCUT2D eigenvalue weighted by atomic mass is 10.1. The Morgan fingerprint density at radius 2 is 1.68 bits per heavy atom. The summed E-state index contributed by atoms with van der Waals surface area (Å²) in [5, 5.41) is 8.96. The third-order valence-electron chi connectivity index (χ3n) is 4.39. The van der Waals surface area contributed by atoms with Gasteiger partial charge in [-0.1, -0.05) is 12.1 Å². The van der Waals surface area contributed by atoms with Crippen LogP contribution >= 0.6 is 0 Å². The highest BCUT2D eigenvalue weighted by Gasteiger charge is 2.42. The number of sulfonamides is 1. The lowest BCUT2D eigenvalue weighted by molar-refractivity contribution is -0.122. The van der Waals surface area contributed by atoms with E-state index in [9.17, 15) is 18.0 Å². The summed E-state index contributed by atoms with van der Waals surface area (Å²) in [5.74, 6) is -1.06. The first-order valence-electron chi connectivity index (χ1n) is 8.59. The van der Waals surface area contributed by atoms with E-state index in [0.717, 1.165) is 4.31 Å². The zero-order chi connectivity index (χ0) is 20.5. The quantitative estimate of drug-likeness (QED) is 0.799. The number of hydrogen-bond donors (Lipinski definition) is 1. The Bertz CT molecular complexity index is 1050. The Kier molecular flexibility index (Phi) is 5.24. The monoisotopic (exact) mass is 401 g/mol. The summed E-state index contributed by atoms with van der Waals surface area (Å²) in [5.41, 5.74) is 1.16. The summed E-state index contributed by atoms with van der Waals surface area (Å²) in [7, 11) is -4.02. The van der Waals surface area contributed by atoms with Gasteiger partial charge >= 0.3 is 5.97 Å². The summed E-state index contributed by atoms with van der Waals surface area (Å²) in [4.78, 5) is 23.5. The summed E-state index contributed by atoms with van der Waals surface area (Å²) >= 11 is 0. The molecule has 7 nitrogen and oxygen atoms in total. The van der Waals surface area contributed by atoms with E-state index in [4.69, 9.17) is 9.84 Å². The molecular weight excluding hydrogens is 382 g/mol. The second kappa shape index (κ2) is 7.47. The van der Waals surface area contributed by atoms with E-state index in [-0.39, 0.29) is 22.6 Å². The van der Waals surface area contributed by atoms with Gasteiger partial charge in [0.2, 0.25) is 0 Å². The number of carbonyl (C=O) groups excluding carboxylic acids is 1. The first-order valence-corrected chi connectivity index (χ1v) is 10.0. The van der Waals surface area contributed by atoms with Gasteiger partial charge in [-0.2, -0.15) is 0 Å². The van der Waals surface area contributed by atoms with Crippen LogP contribution in [-0.2, 0) is 21.4 Å². The lowest BCUT2D eigenvalue weighted by Crippen LogP contribution is -2.30. The maximum Gasteiger partial charge on any atom is 0.335 e. The van der Waals surface area contributed by atoms with E-state index in [0.29, 0.717) is 23.5 Å². The third kappa shape index (κ3) is 3.50. The molecule has 0 aliphatic carbocycles. The van der Waals surface area contributed by atoms with Crippen LogP contribution in [0.3, 0.4) is 0 Å². The molecule has 0 spiro atoms. The molecular formula is C20H19NO6S. The number of hydrogen-bond acceptors (Lipinski definition) is 5. The molecule has 1 amide bonds. The Morgan fingerprint density at radius 3 is 2.21 bits per heavy atom. The van der Waals surface area contributed by atoms with Crippen molar-refractivity contribution in [2.24, 2.45) is 0 Å². The molecule has 2 aromatic rings. The minimum absolute atomic E-state index is 0.0253. The minimum atomic E-state index is -4.02. The topological polar surface area (TPSA) is 101 Å². The van der Waals surface area contributed by atoms with E-state index >= 15 is 0 Å². The number of aromatic carboxylic acids is 1. The molecule has 8 heteroatoms. The number of carboxylic acids is 1. The standard InChI is InChI=1S/C20H19NO6S/c1-3-27-17-10-8-15(9-11-17)18-13(2)19(22)21(28(18,25)26)12-14-4-6-16(7-5-14)20(23)24/h4-11H,3,12H2,1-2H3,(H,23,24). The van der Waals surface area contributed by atoms with Gasteiger partial charge < -0.3 is 9.84 Å². The number of benzene rings is 2. The van der Waals surface area contributed by atoms with Crippen LogP contribution in [0.2, 0.25) is 0 Å². The van der Waals surface area contributed by atoms with E-state index in [1.807, 2.05) is 6.92 Å². The predicted octanol–water partition coefficient (Wildman–Crippen LogP) is 2.89. The van der Waals surface area contributed by atoms with Gasteiger partial charge in [-0.25, -0.2) is 17.5 Å². The van der Waals surface area contributed by atoms with Crippen LogP contribution in [0.15, 0.2) is 54.1 Å². The van der Waals surface area contributed by atoms with Crippen molar-refractivity contribution < 1.29 is 27.9 Å². The second-order valence-electron chi connectivity index (χ2n) is 6.23. The molecule has 0 atom stereocenters. The van der Waals surface area contributed by atoms with Crippen molar-refractivity contribution in [1.29, 1.82) is 0 Å². The van der Waals surface area contributed by atoms with E-state index in [2.05, 4.69) is 0 Å². The summed E-state index contributed by atoms with van der Waals surface area (Å²) < 4.78 is 32.2. The van der Waals surface area contributed by atoms with E-state index in [1.54, 1.807) is 24.3 Å². The first kappa shape index (κ1) is 19.6. The molecule has 0 saturated carbocycles. The largest absolute Gasteiger partial charge is 0.494 e. The van der Waals surface area contributed by atoms with Crippen LogP contribution in [0, 0.1) is 0 Å². The van der Waals surface area contributed by atoms with Gasteiger partial charge in [-0.15, -0.1) is 0 Å². The maximum atomic E-state index is 13.0. The molecule has 0 radical (unpaired) electrons. The van der Waals surface area contributed by atoms with Crippen molar-refractivity contribution >= 4 is 26.8 Å². The predicted molar refractivity (Wildman–Crippen MR) is 103 cm³/mol. The molecule has 28 heavy (non-hydrogen) atoms. The van der Waals surface area contributed by atoms with Gasteiger partial charge in [0.15, 0.2) is 0 Å². The van der Waals surface area contributed by atoms with E-state index in [1.165, 1.54) is 31.2 Å². The minimum Gasteiger partial charge on any atom is -0.494 e. The summed E-state index contributed by atoms with van der Waals surface area (Å²) in [6.45, 7) is 3.66. The Labute approximate surface area is 162 Å². The highest BCUT2D eigenvalue weighted by molar-refractivity contribution is 7.99. The molecule has 0 saturated heterocycles. The number of rotatable bonds is 6. The molecule has 0 bridgehead atoms. The molecule has 1 heterocycles. The summed E-state index contributed by atoms with van der Waals surface area (Å²) in [6.07, 6.45) is 0. The SMILES string of the molecule is CCOc1ccc(C2=C(C)C(=O)N(Cc3ccc(C(=O)O)cc3)S2(=O)=O)cc1. The molecule has 0 fully saturated rings. The van der Waals surface area contributed by atoms with Gasteiger partial charge in [-0.05, 0) is 61.4 Å². The zero-order valence-corrected chi connectivity index (χ0v) is 16.2. The number of ether oxygens (including phenoxy) is 1. The fraction of sp³-hybridized carbons (Fsp3) is 0.200.